The molecule has 0 aliphatic carbocycles. The predicted molar refractivity (Wildman–Crippen MR) is 61.1 cm³/mol. The lowest BCUT2D eigenvalue weighted by Gasteiger charge is -2.10. The molecule has 0 radical (unpaired) electrons. The maximum Gasteiger partial charge on any atom is 0.119 e. The quantitative estimate of drug-likeness (QED) is 0.665. The summed E-state index contributed by atoms with van der Waals surface area (Å²) in [5.41, 5.74) is 0. The topological polar surface area (TPSA) is 41.5 Å². The lowest BCUT2D eigenvalue weighted by Crippen LogP contribution is -2.27. The van der Waals surface area contributed by atoms with E-state index in [2.05, 4.69) is 5.32 Å². The summed E-state index contributed by atoms with van der Waals surface area (Å²) in [7, 11) is 0. The Hall–Kier alpha value is -1.06. The van der Waals surface area contributed by atoms with Crippen LogP contribution in [0.25, 0.3) is 0 Å². The Morgan fingerprint density at radius 1 is 1.33 bits per heavy atom. The minimum atomic E-state index is 0.229. The Balaban J connectivity index is 2.03. The number of aliphatic hydroxyl groups is 1. The molecule has 0 saturated carbocycles. The van der Waals surface area contributed by atoms with Gasteiger partial charge in [-0.05, 0) is 18.1 Å². The van der Waals surface area contributed by atoms with Crippen LogP contribution in [0, 0.1) is 5.92 Å². The second-order valence-electron chi connectivity index (χ2n) is 3.65. The lowest BCUT2D eigenvalue weighted by molar-refractivity contribution is 0.230. The van der Waals surface area contributed by atoms with Crippen LogP contribution >= 0.6 is 0 Å². The molecule has 0 aliphatic heterocycles. The maximum absolute atomic E-state index is 8.80. The molecule has 1 aromatic rings. The van der Waals surface area contributed by atoms with Crippen molar-refractivity contribution in [3.05, 3.63) is 30.3 Å². The van der Waals surface area contributed by atoms with Gasteiger partial charge in [-0.25, -0.2) is 0 Å². The van der Waals surface area contributed by atoms with Crippen LogP contribution in [0.1, 0.15) is 6.92 Å². The highest BCUT2D eigenvalue weighted by Crippen LogP contribution is 2.07. The lowest BCUT2D eigenvalue weighted by atomic mass is 10.2. The van der Waals surface area contributed by atoms with Crippen LogP contribution in [0.15, 0.2) is 30.3 Å². The van der Waals surface area contributed by atoms with E-state index in [4.69, 9.17) is 9.84 Å². The Bertz CT molecular complexity index is 251. The number of rotatable bonds is 7. The second kappa shape index (κ2) is 7.26. The highest BCUT2D eigenvalue weighted by molar-refractivity contribution is 5.20. The Labute approximate surface area is 91.1 Å². The fraction of sp³-hybridized carbons (Fsp3) is 0.500. The van der Waals surface area contributed by atoms with Crippen LogP contribution in [-0.4, -0.2) is 31.4 Å². The third-order valence-corrected chi connectivity index (χ3v) is 2.10. The monoisotopic (exact) mass is 209 g/mol. The molecule has 0 saturated heterocycles. The summed E-state index contributed by atoms with van der Waals surface area (Å²) in [6.45, 7) is 4.52. The molecule has 15 heavy (non-hydrogen) atoms. The molecule has 84 valence electrons. The molecular formula is C12H19NO2. The molecule has 0 amide bonds. The molecule has 1 aromatic carbocycles. The van der Waals surface area contributed by atoms with Crippen molar-refractivity contribution < 1.29 is 9.84 Å². The van der Waals surface area contributed by atoms with Gasteiger partial charge in [-0.2, -0.15) is 0 Å². The normalized spacial score (nSPS) is 12.4. The van der Waals surface area contributed by atoms with E-state index in [9.17, 15) is 0 Å². The Morgan fingerprint density at radius 2 is 2.07 bits per heavy atom. The number of ether oxygens (including phenoxy) is 1. The van der Waals surface area contributed by atoms with Gasteiger partial charge >= 0.3 is 0 Å². The molecule has 1 atom stereocenters. The van der Waals surface area contributed by atoms with E-state index in [1.807, 2.05) is 37.3 Å². The van der Waals surface area contributed by atoms with Crippen molar-refractivity contribution in [1.29, 1.82) is 0 Å². The molecule has 3 nitrogen and oxygen atoms in total. The third-order valence-electron chi connectivity index (χ3n) is 2.10. The summed E-state index contributed by atoms with van der Waals surface area (Å²) in [4.78, 5) is 0. The molecule has 0 aromatic heterocycles. The first-order chi connectivity index (χ1) is 7.33. The van der Waals surface area contributed by atoms with Crippen molar-refractivity contribution in [2.24, 2.45) is 5.92 Å². The van der Waals surface area contributed by atoms with Crippen molar-refractivity contribution in [2.45, 2.75) is 6.92 Å². The first kappa shape index (κ1) is 12.0. The van der Waals surface area contributed by atoms with E-state index in [1.165, 1.54) is 0 Å². The zero-order chi connectivity index (χ0) is 10.9. The third kappa shape index (κ3) is 5.40. The number of para-hydroxylation sites is 1. The predicted octanol–water partition coefficient (Wildman–Crippen LogP) is 1.28. The summed E-state index contributed by atoms with van der Waals surface area (Å²) in [6.07, 6.45) is 0. The van der Waals surface area contributed by atoms with Gasteiger partial charge < -0.3 is 15.2 Å². The molecular weight excluding hydrogens is 190 g/mol. The van der Waals surface area contributed by atoms with Gasteiger partial charge in [-0.15, -0.1) is 0 Å². The average molecular weight is 209 g/mol. The second-order valence-corrected chi connectivity index (χ2v) is 3.65. The van der Waals surface area contributed by atoms with Gasteiger partial charge in [0.15, 0.2) is 0 Å². The minimum Gasteiger partial charge on any atom is -0.492 e. The summed E-state index contributed by atoms with van der Waals surface area (Å²) >= 11 is 0. The molecule has 0 spiro atoms. The van der Waals surface area contributed by atoms with Crippen LogP contribution in [0.2, 0.25) is 0 Å². The van der Waals surface area contributed by atoms with Gasteiger partial charge in [0, 0.05) is 19.7 Å². The van der Waals surface area contributed by atoms with Gasteiger partial charge in [0.25, 0.3) is 0 Å². The van der Waals surface area contributed by atoms with Crippen LogP contribution < -0.4 is 10.1 Å². The van der Waals surface area contributed by atoms with E-state index in [1.54, 1.807) is 0 Å². The number of hydrogen-bond acceptors (Lipinski definition) is 3. The van der Waals surface area contributed by atoms with Crippen LogP contribution in [0.4, 0.5) is 0 Å². The van der Waals surface area contributed by atoms with Crippen molar-refractivity contribution in [3.8, 4) is 5.75 Å². The highest BCUT2D eigenvalue weighted by atomic mass is 16.5. The largest absolute Gasteiger partial charge is 0.492 e. The van der Waals surface area contributed by atoms with Gasteiger partial charge in [0.1, 0.15) is 12.4 Å². The maximum atomic E-state index is 8.80. The van der Waals surface area contributed by atoms with Crippen LogP contribution in [0.5, 0.6) is 5.75 Å². The molecule has 3 heteroatoms. The summed E-state index contributed by atoms with van der Waals surface area (Å²) < 4.78 is 5.50. The average Bonchev–Trinajstić information content (AvgIpc) is 2.29. The number of nitrogens with one attached hydrogen (secondary N) is 1. The zero-order valence-electron chi connectivity index (χ0n) is 9.15. The SMILES string of the molecule is CC(CO)CNCCOc1ccccc1. The van der Waals surface area contributed by atoms with Crippen molar-refractivity contribution in [3.63, 3.8) is 0 Å². The first-order valence-electron chi connectivity index (χ1n) is 5.32. The van der Waals surface area contributed by atoms with E-state index in [0.29, 0.717) is 12.5 Å². The van der Waals surface area contributed by atoms with E-state index < -0.39 is 0 Å². The smallest absolute Gasteiger partial charge is 0.119 e. The highest BCUT2D eigenvalue weighted by Gasteiger charge is 1.98. The molecule has 1 unspecified atom stereocenters. The summed E-state index contributed by atoms with van der Waals surface area (Å²) in [5.74, 6) is 1.20. The molecule has 0 bridgehead atoms. The van der Waals surface area contributed by atoms with E-state index in [-0.39, 0.29) is 6.61 Å². The first-order valence-corrected chi connectivity index (χ1v) is 5.32. The van der Waals surface area contributed by atoms with Gasteiger partial charge in [0.2, 0.25) is 0 Å². The molecule has 2 N–H and O–H groups in total. The fourth-order valence-electron chi connectivity index (χ4n) is 1.17. The van der Waals surface area contributed by atoms with Crippen molar-refractivity contribution >= 4 is 0 Å². The van der Waals surface area contributed by atoms with Gasteiger partial charge in [-0.3, -0.25) is 0 Å². The molecule has 1 rings (SSSR count). The number of hydrogen-bond donors (Lipinski definition) is 2. The van der Waals surface area contributed by atoms with Gasteiger partial charge in [0.05, 0.1) is 0 Å². The molecule has 0 heterocycles. The zero-order valence-corrected chi connectivity index (χ0v) is 9.15. The molecule has 0 fully saturated rings. The van der Waals surface area contributed by atoms with Crippen LogP contribution in [0.3, 0.4) is 0 Å². The number of benzene rings is 1. The summed E-state index contributed by atoms with van der Waals surface area (Å²) in [5, 5.41) is 12.0. The minimum absolute atomic E-state index is 0.229. The Kier molecular flexibility index (Phi) is 5.81. The summed E-state index contributed by atoms with van der Waals surface area (Å²) in [6, 6.07) is 9.76. The van der Waals surface area contributed by atoms with Gasteiger partial charge in [-0.1, -0.05) is 25.1 Å². The van der Waals surface area contributed by atoms with Crippen LogP contribution in [-0.2, 0) is 0 Å². The van der Waals surface area contributed by atoms with E-state index >= 15 is 0 Å². The standard InChI is InChI=1S/C12H19NO2/c1-11(10-14)9-13-7-8-15-12-5-3-2-4-6-12/h2-6,11,13-14H,7-10H2,1H3. The molecule has 0 aliphatic rings. The fourth-order valence-corrected chi connectivity index (χ4v) is 1.17. The Morgan fingerprint density at radius 3 is 2.73 bits per heavy atom. The van der Waals surface area contributed by atoms with Crippen molar-refractivity contribution in [2.75, 3.05) is 26.3 Å². The number of aliphatic hydroxyl groups excluding tert-OH is 1. The van der Waals surface area contributed by atoms with E-state index in [0.717, 1.165) is 18.8 Å². The van der Waals surface area contributed by atoms with Crippen molar-refractivity contribution in [1.82, 2.24) is 5.32 Å².